The van der Waals surface area contributed by atoms with Crippen molar-refractivity contribution in [2.45, 2.75) is 12.5 Å². The average Bonchev–Trinajstić information content (AvgIpc) is 3.48. The third-order valence-electron chi connectivity index (χ3n) is 5.52. The van der Waals surface area contributed by atoms with Gasteiger partial charge >= 0.3 is 0 Å². The Morgan fingerprint density at radius 1 is 1.03 bits per heavy atom. The van der Waals surface area contributed by atoms with E-state index in [2.05, 4.69) is 63.8 Å². The van der Waals surface area contributed by atoms with Crippen molar-refractivity contribution in [1.29, 1.82) is 0 Å². The van der Waals surface area contributed by atoms with Gasteiger partial charge < -0.3 is 4.98 Å². The van der Waals surface area contributed by atoms with Crippen LogP contribution in [0.5, 0.6) is 0 Å². The van der Waals surface area contributed by atoms with Gasteiger partial charge in [-0.15, -0.1) is 5.10 Å². The van der Waals surface area contributed by atoms with Crippen molar-refractivity contribution >= 4 is 33.7 Å². The molecule has 3 aromatic carbocycles. The Labute approximate surface area is 184 Å². The second-order valence-corrected chi connectivity index (χ2v) is 7.65. The molecule has 5 aromatic rings. The summed E-state index contributed by atoms with van der Waals surface area (Å²) in [7, 11) is 0. The number of hydroxylamine groups is 1. The van der Waals surface area contributed by atoms with Gasteiger partial charge in [0.25, 0.3) is 5.91 Å². The van der Waals surface area contributed by atoms with E-state index in [1.165, 1.54) is 28.5 Å². The number of fused-ring (bicyclic) bond motifs is 2. The zero-order valence-corrected chi connectivity index (χ0v) is 17.1. The molecule has 2 aromatic heterocycles. The molecule has 0 saturated heterocycles. The lowest BCUT2D eigenvalue weighted by Crippen LogP contribution is -2.15. The number of nitrogens with one attached hydrogen (secondary N) is 2. The molecule has 1 unspecified atom stereocenters. The maximum atomic E-state index is 11.3. The van der Waals surface area contributed by atoms with Gasteiger partial charge in [-0.2, -0.15) is 0 Å². The Bertz CT molecular complexity index is 1400. The summed E-state index contributed by atoms with van der Waals surface area (Å²) in [5.41, 5.74) is 5.35. The topological polar surface area (TPSA) is 95.8 Å². The molecule has 0 aliphatic heterocycles. The van der Waals surface area contributed by atoms with Crippen LogP contribution < -0.4 is 5.48 Å². The molecular formula is C25H21N5O2. The highest BCUT2D eigenvalue weighted by molar-refractivity contribution is 5.90. The van der Waals surface area contributed by atoms with Crippen LogP contribution >= 0.6 is 0 Å². The molecule has 5 rings (SSSR count). The predicted molar refractivity (Wildman–Crippen MR) is 123 cm³/mol. The molecule has 1 amide bonds. The van der Waals surface area contributed by atoms with Gasteiger partial charge in [-0.3, -0.25) is 10.0 Å². The van der Waals surface area contributed by atoms with E-state index in [0.29, 0.717) is 12.1 Å². The Morgan fingerprint density at radius 3 is 2.62 bits per heavy atom. The Balaban J connectivity index is 1.53. The number of aromatic nitrogens is 4. The number of aromatic amines is 1. The molecule has 0 radical (unpaired) electrons. The second-order valence-electron chi connectivity index (χ2n) is 7.65. The molecule has 0 spiro atoms. The highest BCUT2D eigenvalue weighted by Crippen LogP contribution is 2.27. The highest BCUT2D eigenvalue weighted by Gasteiger charge is 2.19. The second kappa shape index (κ2) is 8.49. The highest BCUT2D eigenvalue weighted by atomic mass is 16.5. The molecule has 0 aliphatic carbocycles. The van der Waals surface area contributed by atoms with Gasteiger partial charge in [0.15, 0.2) is 0 Å². The third-order valence-corrected chi connectivity index (χ3v) is 5.52. The van der Waals surface area contributed by atoms with Crippen LogP contribution in [0.1, 0.15) is 23.0 Å². The number of carbonyl (C=O) groups excluding carboxylic acids is 1. The monoisotopic (exact) mass is 423 g/mol. The molecule has 0 bridgehead atoms. The molecule has 0 fully saturated rings. The Hall–Kier alpha value is -4.23. The third kappa shape index (κ3) is 4.01. The zero-order chi connectivity index (χ0) is 21.9. The summed E-state index contributed by atoms with van der Waals surface area (Å²) in [5, 5.41) is 20.7. The zero-order valence-electron chi connectivity index (χ0n) is 17.1. The van der Waals surface area contributed by atoms with Crippen molar-refractivity contribution in [1.82, 2.24) is 25.5 Å². The summed E-state index contributed by atoms with van der Waals surface area (Å²) < 4.78 is 1.80. The fourth-order valence-corrected chi connectivity index (χ4v) is 3.93. The molecule has 1 atom stereocenters. The lowest BCUT2D eigenvalue weighted by molar-refractivity contribution is -0.124. The predicted octanol–water partition coefficient (Wildman–Crippen LogP) is 4.26. The minimum atomic E-state index is -0.622. The number of amides is 1. The van der Waals surface area contributed by atoms with Crippen LogP contribution in [-0.2, 0) is 11.2 Å². The van der Waals surface area contributed by atoms with Crippen LogP contribution in [0.3, 0.4) is 0 Å². The average molecular weight is 423 g/mol. The number of rotatable bonds is 6. The maximum Gasteiger partial charge on any atom is 0.267 e. The summed E-state index contributed by atoms with van der Waals surface area (Å²) in [5.74, 6) is -0.622. The first-order valence-corrected chi connectivity index (χ1v) is 10.3. The van der Waals surface area contributed by atoms with Gasteiger partial charge in [-0.05, 0) is 39.9 Å². The first-order chi connectivity index (χ1) is 15.7. The summed E-state index contributed by atoms with van der Waals surface area (Å²) in [6, 6.07) is 24.9. The fraction of sp³-hybridized carbons (Fsp3) is 0.0800. The van der Waals surface area contributed by atoms with E-state index >= 15 is 0 Å². The van der Waals surface area contributed by atoms with E-state index in [0.717, 1.165) is 16.6 Å². The van der Waals surface area contributed by atoms with Crippen molar-refractivity contribution in [3.05, 3.63) is 102 Å². The molecule has 158 valence electrons. The smallest absolute Gasteiger partial charge is 0.267 e. The fourth-order valence-electron chi connectivity index (χ4n) is 3.93. The standard InChI is InChI=1S/C25H21N5O2/c31-25(28-32)12-11-21-16-30(29-27-21)24(23-15-20-7-3-4-8-22(20)26-23)14-17-9-10-18-5-1-2-6-19(18)13-17/h1-13,15-16,24,26,32H,14H2,(H,28,31). The molecule has 0 aliphatic rings. The van der Waals surface area contributed by atoms with Crippen LogP contribution in [0.15, 0.2) is 85.1 Å². The summed E-state index contributed by atoms with van der Waals surface area (Å²) in [6.45, 7) is 0. The van der Waals surface area contributed by atoms with E-state index in [-0.39, 0.29) is 6.04 Å². The summed E-state index contributed by atoms with van der Waals surface area (Å²) >= 11 is 0. The summed E-state index contributed by atoms with van der Waals surface area (Å²) in [4.78, 5) is 14.8. The number of carbonyl (C=O) groups is 1. The lowest BCUT2D eigenvalue weighted by Gasteiger charge is -2.16. The van der Waals surface area contributed by atoms with Crippen LogP contribution in [-0.4, -0.2) is 31.1 Å². The number of hydrogen-bond donors (Lipinski definition) is 3. The van der Waals surface area contributed by atoms with Crippen molar-refractivity contribution in [2.75, 3.05) is 0 Å². The van der Waals surface area contributed by atoms with Crippen molar-refractivity contribution in [2.24, 2.45) is 0 Å². The van der Waals surface area contributed by atoms with E-state index in [9.17, 15) is 4.79 Å². The van der Waals surface area contributed by atoms with Gasteiger partial charge in [-0.25, -0.2) is 10.2 Å². The first-order valence-electron chi connectivity index (χ1n) is 10.3. The maximum absolute atomic E-state index is 11.3. The van der Waals surface area contributed by atoms with Gasteiger partial charge in [0.05, 0.1) is 12.2 Å². The van der Waals surface area contributed by atoms with Crippen molar-refractivity contribution in [3.8, 4) is 0 Å². The van der Waals surface area contributed by atoms with Crippen LogP contribution in [0, 0.1) is 0 Å². The van der Waals surface area contributed by atoms with Crippen molar-refractivity contribution in [3.63, 3.8) is 0 Å². The van der Waals surface area contributed by atoms with Crippen LogP contribution in [0.25, 0.3) is 27.8 Å². The normalized spacial score (nSPS) is 12.5. The Morgan fingerprint density at radius 2 is 1.81 bits per heavy atom. The lowest BCUT2D eigenvalue weighted by atomic mass is 10.00. The van der Waals surface area contributed by atoms with Crippen LogP contribution in [0.4, 0.5) is 0 Å². The molecule has 2 heterocycles. The quantitative estimate of drug-likeness (QED) is 0.216. The molecule has 0 saturated carbocycles. The number of para-hydroxylation sites is 1. The number of H-pyrrole nitrogens is 1. The molecule has 3 N–H and O–H groups in total. The largest absolute Gasteiger partial charge is 0.357 e. The molecule has 7 nitrogen and oxygen atoms in total. The van der Waals surface area contributed by atoms with Gasteiger partial charge in [0.2, 0.25) is 0 Å². The number of nitrogens with zero attached hydrogens (tertiary/aromatic N) is 3. The minimum absolute atomic E-state index is 0.120. The summed E-state index contributed by atoms with van der Waals surface area (Å²) in [6.07, 6.45) is 5.21. The first kappa shape index (κ1) is 19.7. The van der Waals surface area contributed by atoms with Gasteiger partial charge in [0.1, 0.15) is 5.69 Å². The number of hydrogen-bond acceptors (Lipinski definition) is 4. The van der Waals surface area contributed by atoms with E-state index in [4.69, 9.17) is 5.21 Å². The minimum Gasteiger partial charge on any atom is -0.357 e. The molecular weight excluding hydrogens is 402 g/mol. The SMILES string of the molecule is O=C(C=Cc1cn(C(Cc2ccc3ccccc3c2)c2cc3ccccc3[nH]2)nn1)NO. The molecule has 32 heavy (non-hydrogen) atoms. The van der Waals surface area contributed by atoms with E-state index in [1.54, 1.807) is 16.4 Å². The van der Waals surface area contributed by atoms with Gasteiger partial charge in [-0.1, -0.05) is 65.9 Å². The number of benzene rings is 3. The van der Waals surface area contributed by atoms with Crippen LogP contribution in [0.2, 0.25) is 0 Å². The van der Waals surface area contributed by atoms with E-state index in [1.807, 2.05) is 24.3 Å². The van der Waals surface area contributed by atoms with Gasteiger partial charge in [0, 0.05) is 23.7 Å². The van der Waals surface area contributed by atoms with Crippen molar-refractivity contribution < 1.29 is 10.0 Å². The Kier molecular flexibility index (Phi) is 5.23. The van der Waals surface area contributed by atoms with E-state index < -0.39 is 5.91 Å². The molecule has 7 heteroatoms.